The van der Waals surface area contributed by atoms with Gasteiger partial charge in [-0.2, -0.15) is 0 Å². The molecule has 6 heteroatoms. The number of piperidine rings is 1. The molecule has 1 aromatic carbocycles. The molecule has 2 aromatic rings. The fraction of sp³-hybridized carbons (Fsp3) is 0.367. The van der Waals surface area contributed by atoms with E-state index in [9.17, 15) is 4.79 Å². The van der Waals surface area contributed by atoms with Crippen molar-refractivity contribution in [3.8, 4) is 0 Å². The van der Waals surface area contributed by atoms with Crippen molar-refractivity contribution in [2.45, 2.75) is 25.7 Å². The molecular formula is C30H39N5O. The van der Waals surface area contributed by atoms with Crippen LogP contribution in [0.1, 0.15) is 47.2 Å². The van der Waals surface area contributed by atoms with E-state index in [0.29, 0.717) is 5.92 Å². The SMILES string of the molecule is C=C(/C=C(\C)CN1CCC(c2ccc(C(=O)N(C)C)cc2)CC1)/C(=C\C=NC)c1ccc(NC)nc1. The Hall–Kier alpha value is -3.51. The van der Waals surface area contributed by atoms with Gasteiger partial charge in [0.15, 0.2) is 0 Å². The number of allylic oxidation sites excluding steroid dienone is 4. The number of pyridine rings is 1. The van der Waals surface area contributed by atoms with Crippen molar-refractivity contribution in [3.63, 3.8) is 0 Å². The predicted molar refractivity (Wildman–Crippen MR) is 152 cm³/mol. The molecule has 0 radical (unpaired) electrons. The zero-order valence-electron chi connectivity index (χ0n) is 22.3. The smallest absolute Gasteiger partial charge is 0.253 e. The molecule has 0 unspecified atom stereocenters. The minimum absolute atomic E-state index is 0.0476. The van der Waals surface area contributed by atoms with Crippen LogP contribution < -0.4 is 5.32 Å². The van der Waals surface area contributed by atoms with Crippen molar-refractivity contribution < 1.29 is 4.79 Å². The monoisotopic (exact) mass is 485 g/mol. The molecule has 1 saturated heterocycles. The molecule has 0 saturated carbocycles. The van der Waals surface area contributed by atoms with E-state index >= 15 is 0 Å². The highest BCUT2D eigenvalue weighted by molar-refractivity contribution is 5.94. The summed E-state index contributed by atoms with van der Waals surface area (Å²) in [6, 6.07) is 12.2. The van der Waals surface area contributed by atoms with Crippen LogP contribution in [0.15, 0.2) is 77.5 Å². The standard InChI is InChI=1S/C30H39N5O/c1-22(19-23(2)28(13-16-31-3)27-11-12-29(32-4)33-20-27)21-35-17-14-25(15-18-35)24-7-9-26(10-8-24)30(36)34(5)6/h7-13,16,19-20,25H,2,14-15,17-18,21H2,1,3-6H3,(H,32,33)/b22-19+,28-13+,31-16?. The van der Waals surface area contributed by atoms with Gasteiger partial charge in [0.2, 0.25) is 0 Å². The number of carbonyl (C=O) groups is 1. The quantitative estimate of drug-likeness (QED) is 0.387. The number of aliphatic imine (C=N–C) groups is 1. The van der Waals surface area contributed by atoms with Gasteiger partial charge in [0.25, 0.3) is 5.91 Å². The van der Waals surface area contributed by atoms with E-state index in [0.717, 1.165) is 60.6 Å². The molecule has 1 fully saturated rings. The number of benzene rings is 1. The molecule has 1 N–H and O–H groups in total. The lowest BCUT2D eigenvalue weighted by Gasteiger charge is -2.32. The number of hydrogen-bond donors (Lipinski definition) is 1. The maximum atomic E-state index is 12.1. The van der Waals surface area contributed by atoms with Gasteiger partial charge in [-0.15, -0.1) is 0 Å². The number of likely N-dealkylation sites (tertiary alicyclic amines) is 1. The Kier molecular flexibility index (Phi) is 9.77. The summed E-state index contributed by atoms with van der Waals surface area (Å²) in [6.45, 7) is 9.56. The average Bonchev–Trinajstić information content (AvgIpc) is 2.89. The molecule has 190 valence electrons. The molecule has 1 aliphatic rings. The number of nitrogens with one attached hydrogen (secondary N) is 1. The largest absolute Gasteiger partial charge is 0.373 e. The third-order valence-electron chi connectivity index (χ3n) is 6.58. The summed E-state index contributed by atoms with van der Waals surface area (Å²) in [6.07, 6.45) is 10.1. The van der Waals surface area contributed by atoms with Crippen LogP contribution in [-0.4, -0.2) is 74.7 Å². The van der Waals surface area contributed by atoms with Gasteiger partial charge in [-0.3, -0.25) is 14.7 Å². The maximum Gasteiger partial charge on any atom is 0.253 e. The summed E-state index contributed by atoms with van der Waals surface area (Å²) in [5.41, 5.74) is 6.34. The van der Waals surface area contributed by atoms with E-state index in [2.05, 4.69) is 58.0 Å². The van der Waals surface area contributed by atoms with Gasteiger partial charge in [-0.05, 0) is 85.8 Å². The van der Waals surface area contributed by atoms with Crippen LogP contribution in [0.3, 0.4) is 0 Å². The summed E-state index contributed by atoms with van der Waals surface area (Å²) < 4.78 is 0. The first-order valence-electron chi connectivity index (χ1n) is 12.5. The number of carbonyl (C=O) groups excluding carboxylic acids is 1. The van der Waals surface area contributed by atoms with Crippen molar-refractivity contribution in [3.05, 3.63) is 89.2 Å². The van der Waals surface area contributed by atoms with Crippen molar-refractivity contribution in [1.29, 1.82) is 0 Å². The highest BCUT2D eigenvalue weighted by Gasteiger charge is 2.21. The fourth-order valence-electron chi connectivity index (χ4n) is 4.59. The van der Waals surface area contributed by atoms with Gasteiger partial charge in [0.1, 0.15) is 5.82 Å². The first-order valence-corrected chi connectivity index (χ1v) is 12.5. The third-order valence-corrected chi connectivity index (χ3v) is 6.58. The fourth-order valence-corrected chi connectivity index (χ4v) is 4.59. The summed E-state index contributed by atoms with van der Waals surface area (Å²) in [7, 11) is 7.20. The maximum absolute atomic E-state index is 12.1. The van der Waals surface area contributed by atoms with Crippen LogP contribution in [0.5, 0.6) is 0 Å². The van der Waals surface area contributed by atoms with E-state index in [1.165, 1.54) is 11.1 Å². The molecule has 3 rings (SSSR count). The van der Waals surface area contributed by atoms with Gasteiger partial charge < -0.3 is 10.2 Å². The third kappa shape index (κ3) is 7.25. The predicted octanol–water partition coefficient (Wildman–Crippen LogP) is 5.29. The zero-order chi connectivity index (χ0) is 26.1. The number of rotatable bonds is 9. The van der Waals surface area contributed by atoms with Crippen molar-refractivity contribution in [2.24, 2.45) is 4.99 Å². The Morgan fingerprint density at radius 3 is 2.39 bits per heavy atom. The molecular weight excluding hydrogens is 446 g/mol. The van der Waals surface area contributed by atoms with Crippen LogP contribution >= 0.6 is 0 Å². The van der Waals surface area contributed by atoms with Gasteiger partial charge in [0.05, 0.1) is 0 Å². The molecule has 1 aromatic heterocycles. The van der Waals surface area contributed by atoms with E-state index in [1.807, 2.05) is 37.5 Å². The molecule has 0 bridgehead atoms. The number of nitrogens with zero attached hydrogens (tertiary/aromatic N) is 4. The van der Waals surface area contributed by atoms with Gasteiger partial charge in [-0.1, -0.05) is 30.4 Å². The summed E-state index contributed by atoms with van der Waals surface area (Å²) in [5.74, 6) is 1.42. The van der Waals surface area contributed by atoms with Crippen LogP contribution in [0.2, 0.25) is 0 Å². The molecule has 0 atom stereocenters. The van der Waals surface area contributed by atoms with Crippen LogP contribution in [0.25, 0.3) is 5.57 Å². The van der Waals surface area contributed by atoms with Gasteiger partial charge in [-0.25, -0.2) is 4.98 Å². The zero-order valence-corrected chi connectivity index (χ0v) is 22.3. The highest BCUT2D eigenvalue weighted by Crippen LogP contribution is 2.29. The molecule has 0 aliphatic carbocycles. The first kappa shape index (κ1) is 27.1. The molecule has 36 heavy (non-hydrogen) atoms. The topological polar surface area (TPSA) is 60.8 Å². The molecule has 1 aliphatic heterocycles. The van der Waals surface area contributed by atoms with E-state index in [-0.39, 0.29) is 5.91 Å². The minimum atomic E-state index is 0.0476. The lowest BCUT2D eigenvalue weighted by atomic mass is 9.88. The summed E-state index contributed by atoms with van der Waals surface area (Å²) in [4.78, 5) is 24.8. The number of aromatic nitrogens is 1. The van der Waals surface area contributed by atoms with Crippen LogP contribution in [0.4, 0.5) is 5.82 Å². The van der Waals surface area contributed by atoms with Crippen LogP contribution in [0, 0.1) is 0 Å². The normalized spacial score (nSPS) is 15.8. The molecule has 0 spiro atoms. The molecule has 2 heterocycles. The van der Waals surface area contributed by atoms with E-state index in [4.69, 9.17) is 0 Å². The Morgan fingerprint density at radius 1 is 1.17 bits per heavy atom. The molecule has 6 nitrogen and oxygen atoms in total. The Morgan fingerprint density at radius 2 is 1.83 bits per heavy atom. The highest BCUT2D eigenvalue weighted by atomic mass is 16.2. The minimum Gasteiger partial charge on any atom is -0.373 e. The number of amides is 1. The van der Waals surface area contributed by atoms with Crippen molar-refractivity contribution in [2.75, 3.05) is 53.1 Å². The van der Waals surface area contributed by atoms with Crippen LogP contribution in [-0.2, 0) is 0 Å². The Labute approximate surface area is 216 Å². The molecule has 1 amide bonds. The number of anilines is 1. The van der Waals surface area contributed by atoms with E-state index < -0.39 is 0 Å². The Balaban J connectivity index is 1.59. The average molecular weight is 486 g/mol. The summed E-state index contributed by atoms with van der Waals surface area (Å²) >= 11 is 0. The van der Waals surface area contributed by atoms with Gasteiger partial charge in [0, 0.05) is 58.3 Å². The second kappa shape index (κ2) is 13.0. The van der Waals surface area contributed by atoms with Gasteiger partial charge >= 0.3 is 0 Å². The Bertz CT molecular complexity index is 1120. The second-order valence-corrected chi connectivity index (χ2v) is 9.56. The van der Waals surface area contributed by atoms with Crippen molar-refractivity contribution in [1.82, 2.24) is 14.8 Å². The lowest BCUT2D eigenvalue weighted by Crippen LogP contribution is -2.34. The van der Waals surface area contributed by atoms with Crippen molar-refractivity contribution >= 4 is 23.5 Å². The number of hydrogen-bond acceptors (Lipinski definition) is 5. The first-order chi connectivity index (χ1) is 17.3. The summed E-state index contributed by atoms with van der Waals surface area (Å²) in [5, 5.41) is 3.06. The van der Waals surface area contributed by atoms with E-state index in [1.54, 1.807) is 32.3 Å². The second-order valence-electron chi connectivity index (χ2n) is 9.56. The lowest BCUT2D eigenvalue weighted by molar-refractivity contribution is 0.0827.